The van der Waals surface area contributed by atoms with E-state index in [1.807, 2.05) is 18.5 Å². The number of rotatable bonds is 8. The summed E-state index contributed by atoms with van der Waals surface area (Å²) in [6.07, 6.45) is 7.41. The Hall–Kier alpha value is -0.930. The molecule has 18 heavy (non-hydrogen) atoms. The molecule has 0 aromatic carbocycles. The molecule has 0 amide bonds. The van der Waals surface area contributed by atoms with Gasteiger partial charge in [-0.2, -0.15) is 0 Å². The first-order valence-electron chi connectivity index (χ1n) is 6.99. The molecule has 0 aliphatic heterocycles. The van der Waals surface area contributed by atoms with Gasteiger partial charge in [0.2, 0.25) is 0 Å². The number of pyridine rings is 1. The molecular formula is C15H27N3. The molecule has 0 radical (unpaired) electrons. The SMILES string of the molecule is CCCC(NC)C(CC)N(C)Cc1cccnc1. The summed E-state index contributed by atoms with van der Waals surface area (Å²) < 4.78 is 0. The molecule has 0 aliphatic carbocycles. The van der Waals surface area contributed by atoms with Gasteiger partial charge in [0.15, 0.2) is 0 Å². The van der Waals surface area contributed by atoms with Crippen molar-refractivity contribution in [2.75, 3.05) is 14.1 Å². The fraction of sp³-hybridized carbons (Fsp3) is 0.667. The molecule has 2 atom stereocenters. The van der Waals surface area contributed by atoms with E-state index in [1.54, 1.807) is 0 Å². The lowest BCUT2D eigenvalue weighted by Crippen LogP contribution is -2.46. The number of nitrogens with zero attached hydrogens (tertiary/aromatic N) is 2. The summed E-state index contributed by atoms with van der Waals surface area (Å²) in [7, 11) is 4.28. The third kappa shape index (κ3) is 4.39. The van der Waals surface area contributed by atoms with E-state index in [4.69, 9.17) is 0 Å². The van der Waals surface area contributed by atoms with E-state index < -0.39 is 0 Å². The molecule has 1 rings (SSSR count). The van der Waals surface area contributed by atoms with Gasteiger partial charge < -0.3 is 5.32 Å². The maximum Gasteiger partial charge on any atom is 0.0312 e. The zero-order chi connectivity index (χ0) is 13.4. The van der Waals surface area contributed by atoms with Crippen LogP contribution in [0.3, 0.4) is 0 Å². The molecule has 3 nitrogen and oxygen atoms in total. The third-order valence-electron chi connectivity index (χ3n) is 3.57. The van der Waals surface area contributed by atoms with E-state index in [9.17, 15) is 0 Å². The van der Waals surface area contributed by atoms with Crippen molar-refractivity contribution in [1.82, 2.24) is 15.2 Å². The molecule has 0 spiro atoms. The molecule has 1 aromatic heterocycles. The molecule has 0 bridgehead atoms. The molecule has 2 unspecified atom stereocenters. The Labute approximate surface area is 112 Å². The first kappa shape index (κ1) is 15.1. The van der Waals surface area contributed by atoms with Crippen LogP contribution in [0.5, 0.6) is 0 Å². The molecule has 0 fully saturated rings. The second-order valence-corrected chi connectivity index (χ2v) is 4.94. The maximum atomic E-state index is 4.18. The summed E-state index contributed by atoms with van der Waals surface area (Å²) in [6, 6.07) is 5.30. The van der Waals surface area contributed by atoms with Crippen LogP contribution in [-0.4, -0.2) is 36.1 Å². The fourth-order valence-electron chi connectivity index (χ4n) is 2.64. The minimum Gasteiger partial charge on any atom is -0.315 e. The quantitative estimate of drug-likeness (QED) is 0.768. The molecule has 0 saturated carbocycles. The highest BCUT2D eigenvalue weighted by Crippen LogP contribution is 2.14. The predicted molar refractivity (Wildman–Crippen MR) is 77.5 cm³/mol. The predicted octanol–water partition coefficient (Wildman–Crippen LogP) is 2.68. The van der Waals surface area contributed by atoms with Crippen LogP contribution in [0.4, 0.5) is 0 Å². The van der Waals surface area contributed by atoms with Crippen molar-refractivity contribution in [3.63, 3.8) is 0 Å². The van der Waals surface area contributed by atoms with Crippen LogP contribution < -0.4 is 5.32 Å². The Morgan fingerprint density at radius 1 is 1.39 bits per heavy atom. The zero-order valence-corrected chi connectivity index (χ0v) is 12.2. The highest BCUT2D eigenvalue weighted by Gasteiger charge is 2.21. The van der Waals surface area contributed by atoms with Gasteiger partial charge in [-0.25, -0.2) is 0 Å². The second kappa shape index (κ2) is 8.22. The van der Waals surface area contributed by atoms with E-state index in [2.05, 4.69) is 49.2 Å². The molecule has 3 heteroatoms. The number of likely N-dealkylation sites (N-methyl/N-ethyl adjacent to an activating group) is 2. The van der Waals surface area contributed by atoms with E-state index in [1.165, 1.54) is 24.8 Å². The Morgan fingerprint density at radius 3 is 2.67 bits per heavy atom. The summed E-state index contributed by atoms with van der Waals surface area (Å²) in [6.45, 7) is 5.48. The highest BCUT2D eigenvalue weighted by atomic mass is 15.2. The van der Waals surface area contributed by atoms with E-state index in [0.717, 1.165) is 6.54 Å². The van der Waals surface area contributed by atoms with Crippen LogP contribution in [0.25, 0.3) is 0 Å². The second-order valence-electron chi connectivity index (χ2n) is 4.94. The van der Waals surface area contributed by atoms with Crippen LogP contribution in [-0.2, 0) is 6.54 Å². The van der Waals surface area contributed by atoms with Gasteiger partial charge in [-0.05, 0) is 38.6 Å². The Bertz CT molecular complexity index is 313. The number of hydrogen-bond donors (Lipinski definition) is 1. The van der Waals surface area contributed by atoms with Gasteiger partial charge in [0, 0.05) is 31.0 Å². The number of nitrogens with one attached hydrogen (secondary N) is 1. The smallest absolute Gasteiger partial charge is 0.0312 e. The highest BCUT2D eigenvalue weighted by molar-refractivity contribution is 5.08. The average Bonchev–Trinajstić information content (AvgIpc) is 2.39. The molecule has 0 saturated heterocycles. The first-order chi connectivity index (χ1) is 8.72. The van der Waals surface area contributed by atoms with Crippen molar-refractivity contribution in [3.05, 3.63) is 30.1 Å². The standard InChI is InChI=1S/C15H27N3/c1-5-8-14(16-3)15(6-2)18(4)12-13-9-7-10-17-11-13/h7,9-11,14-16H,5-6,8,12H2,1-4H3. The monoisotopic (exact) mass is 249 g/mol. The van der Waals surface area contributed by atoms with Gasteiger partial charge in [0.05, 0.1) is 0 Å². The third-order valence-corrected chi connectivity index (χ3v) is 3.57. The van der Waals surface area contributed by atoms with Crippen molar-refractivity contribution < 1.29 is 0 Å². The fourth-order valence-corrected chi connectivity index (χ4v) is 2.64. The van der Waals surface area contributed by atoms with Crippen LogP contribution >= 0.6 is 0 Å². The number of hydrogen-bond acceptors (Lipinski definition) is 3. The Morgan fingerprint density at radius 2 is 2.17 bits per heavy atom. The Kier molecular flexibility index (Phi) is 6.91. The van der Waals surface area contributed by atoms with Gasteiger partial charge in [-0.15, -0.1) is 0 Å². The molecule has 1 N–H and O–H groups in total. The minimum absolute atomic E-state index is 0.571. The topological polar surface area (TPSA) is 28.2 Å². The Balaban J connectivity index is 2.63. The lowest BCUT2D eigenvalue weighted by molar-refractivity contribution is 0.176. The van der Waals surface area contributed by atoms with Crippen molar-refractivity contribution in [1.29, 1.82) is 0 Å². The van der Waals surface area contributed by atoms with Gasteiger partial charge in [-0.1, -0.05) is 26.3 Å². The molecular weight excluding hydrogens is 222 g/mol. The largest absolute Gasteiger partial charge is 0.315 e. The van der Waals surface area contributed by atoms with E-state index in [0.29, 0.717) is 12.1 Å². The van der Waals surface area contributed by atoms with Crippen molar-refractivity contribution in [2.24, 2.45) is 0 Å². The van der Waals surface area contributed by atoms with Crippen LogP contribution in [0.15, 0.2) is 24.5 Å². The normalized spacial score (nSPS) is 14.7. The van der Waals surface area contributed by atoms with Gasteiger partial charge in [0.25, 0.3) is 0 Å². The molecule has 0 aliphatic rings. The van der Waals surface area contributed by atoms with Crippen molar-refractivity contribution in [3.8, 4) is 0 Å². The van der Waals surface area contributed by atoms with Gasteiger partial charge >= 0.3 is 0 Å². The van der Waals surface area contributed by atoms with Crippen molar-refractivity contribution >= 4 is 0 Å². The van der Waals surface area contributed by atoms with Crippen molar-refractivity contribution in [2.45, 2.75) is 51.7 Å². The zero-order valence-electron chi connectivity index (χ0n) is 12.2. The molecule has 1 heterocycles. The average molecular weight is 249 g/mol. The van der Waals surface area contributed by atoms with Crippen LogP contribution in [0, 0.1) is 0 Å². The first-order valence-corrected chi connectivity index (χ1v) is 6.99. The summed E-state index contributed by atoms with van der Waals surface area (Å²) in [5.41, 5.74) is 1.28. The van der Waals surface area contributed by atoms with E-state index >= 15 is 0 Å². The maximum absolute atomic E-state index is 4.18. The lowest BCUT2D eigenvalue weighted by Gasteiger charge is -2.34. The summed E-state index contributed by atoms with van der Waals surface area (Å²) >= 11 is 0. The van der Waals surface area contributed by atoms with E-state index in [-0.39, 0.29) is 0 Å². The summed E-state index contributed by atoms with van der Waals surface area (Å²) in [5.74, 6) is 0. The van der Waals surface area contributed by atoms with Crippen LogP contribution in [0.2, 0.25) is 0 Å². The lowest BCUT2D eigenvalue weighted by atomic mass is 9.99. The van der Waals surface area contributed by atoms with Gasteiger partial charge in [-0.3, -0.25) is 9.88 Å². The molecule has 102 valence electrons. The molecule has 1 aromatic rings. The minimum atomic E-state index is 0.571. The van der Waals surface area contributed by atoms with Gasteiger partial charge in [0.1, 0.15) is 0 Å². The summed E-state index contributed by atoms with van der Waals surface area (Å²) in [5, 5.41) is 3.46. The van der Waals surface area contributed by atoms with Crippen LogP contribution in [0.1, 0.15) is 38.7 Å². The summed E-state index contributed by atoms with van der Waals surface area (Å²) in [4.78, 5) is 6.62. The number of aromatic nitrogens is 1.